The van der Waals surface area contributed by atoms with E-state index in [0.29, 0.717) is 6.04 Å². The van der Waals surface area contributed by atoms with Gasteiger partial charge in [0.25, 0.3) is 0 Å². The average Bonchev–Trinajstić information content (AvgIpc) is 2.89. The lowest BCUT2D eigenvalue weighted by Gasteiger charge is -2.18. The molecule has 1 atom stereocenters. The summed E-state index contributed by atoms with van der Waals surface area (Å²) < 4.78 is 5.39. The molecule has 1 aromatic rings. The van der Waals surface area contributed by atoms with Crippen molar-refractivity contribution < 1.29 is 4.42 Å². The lowest BCUT2D eigenvalue weighted by Crippen LogP contribution is -2.29. The highest BCUT2D eigenvalue weighted by Crippen LogP contribution is 2.29. The van der Waals surface area contributed by atoms with E-state index < -0.39 is 0 Å². The number of rotatable bonds is 5. The Kier molecular flexibility index (Phi) is 3.84. The van der Waals surface area contributed by atoms with Crippen LogP contribution in [0, 0.1) is 5.92 Å². The minimum absolute atomic E-state index is 0.583. The van der Waals surface area contributed by atoms with Crippen LogP contribution in [0.3, 0.4) is 0 Å². The van der Waals surface area contributed by atoms with E-state index in [1.807, 2.05) is 6.07 Å². The maximum atomic E-state index is 5.39. The molecule has 0 aliphatic heterocycles. The van der Waals surface area contributed by atoms with Crippen LogP contribution in [0.4, 0.5) is 0 Å². The summed E-state index contributed by atoms with van der Waals surface area (Å²) in [6, 6.07) is 4.62. The summed E-state index contributed by atoms with van der Waals surface area (Å²) in [5, 5.41) is 3.41. The van der Waals surface area contributed by atoms with Gasteiger partial charge in [-0.25, -0.2) is 0 Å². The second-order valence-electron chi connectivity index (χ2n) is 4.66. The van der Waals surface area contributed by atoms with Gasteiger partial charge < -0.3 is 9.73 Å². The molecule has 2 heteroatoms. The number of nitrogens with one attached hydrogen (secondary N) is 1. The second kappa shape index (κ2) is 5.36. The standard InChI is InChI=1S/C13H21NO/c1-14-12(9-11-5-2-3-6-11)10-13-7-4-8-15-13/h4,7-8,11-12,14H,2-3,5-6,9-10H2,1H3. The summed E-state index contributed by atoms with van der Waals surface area (Å²) in [6.45, 7) is 0. The molecule has 0 amide bonds. The molecule has 1 unspecified atom stereocenters. The number of hydrogen-bond donors (Lipinski definition) is 1. The van der Waals surface area contributed by atoms with Crippen molar-refractivity contribution >= 4 is 0 Å². The fourth-order valence-electron chi connectivity index (χ4n) is 2.62. The van der Waals surface area contributed by atoms with E-state index in [4.69, 9.17) is 4.42 Å². The summed E-state index contributed by atoms with van der Waals surface area (Å²) in [4.78, 5) is 0. The van der Waals surface area contributed by atoms with Gasteiger partial charge in [0, 0.05) is 12.5 Å². The van der Waals surface area contributed by atoms with Crippen LogP contribution in [0.2, 0.25) is 0 Å². The predicted octanol–water partition coefficient (Wildman–Crippen LogP) is 2.99. The number of likely N-dealkylation sites (N-methyl/N-ethyl adjacent to an activating group) is 1. The smallest absolute Gasteiger partial charge is 0.105 e. The van der Waals surface area contributed by atoms with Crippen molar-refractivity contribution in [3.05, 3.63) is 24.2 Å². The quantitative estimate of drug-likeness (QED) is 0.803. The Morgan fingerprint density at radius 3 is 2.87 bits per heavy atom. The zero-order valence-corrected chi connectivity index (χ0v) is 9.54. The van der Waals surface area contributed by atoms with Crippen LogP contribution >= 0.6 is 0 Å². The van der Waals surface area contributed by atoms with Crippen LogP contribution in [0.5, 0.6) is 0 Å². The molecular weight excluding hydrogens is 186 g/mol. The van der Waals surface area contributed by atoms with Gasteiger partial charge in [-0.2, -0.15) is 0 Å². The molecule has 2 rings (SSSR count). The molecule has 2 nitrogen and oxygen atoms in total. The van der Waals surface area contributed by atoms with Gasteiger partial charge in [0.1, 0.15) is 5.76 Å². The van der Waals surface area contributed by atoms with E-state index in [0.717, 1.165) is 18.1 Å². The fraction of sp³-hybridized carbons (Fsp3) is 0.692. The van der Waals surface area contributed by atoms with E-state index in [-0.39, 0.29) is 0 Å². The first kappa shape index (κ1) is 10.7. The zero-order valence-electron chi connectivity index (χ0n) is 9.54. The molecular formula is C13H21NO. The van der Waals surface area contributed by atoms with E-state index in [1.54, 1.807) is 6.26 Å². The zero-order chi connectivity index (χ0) is 10.5. The van der Waals surface area contributed by atoms with Gasteiger partial charge in [0.05, 0.1) is 6.26 Å². The first-order valence-electron chi connectivity index (χ1n) is 6.08. The SMILES string of the molecule is CNC(Cc1ccco1)CC1CCCC1. The summed E-state index contributed by atoms with van der Waals surface area (Å²) >= 11 is 0. The Hall–Kier alpha value is -0.760. The third kappa shape index (κ3) is 3.10. The summed E-state index contributed by atoms with van der Waals surface area (Å²) in [5.74, 6) is 2.05. The Morgan fingerprint density at radius 1 is 1.47 bits per heavy atom. The first-order valence-corrected chi connectivity index (χ1v) is 6.08. The molecule has 1 aliphatic rings. The molecule has 0 saturated heterocycles. The lowest BCUT2D eigenvalue weighted by atomic mass is 9.96. The van der Waals surface area contributed by atoms with Crippen molar-refractivity contribution in [2.45, 2.75) is 44.6 Å². The molecule has 1 saturated carbocycles. The fourth-order valence-corrected chi connectivity index (χ4v) is 2.62. The molecule has 0 spiro atoms. The van der Waals surface area contributed by atoms with Crippen molar-refractivity contribution in [2.75, 3.05) is 7.05 Å². The molecule has 1 heterocycles. The maximum absolute atomic E-state index is 5.39. The monoisotopic (exact) mass is 207 g/mol. The van der Waals surface area contributed by atoms with Gasteiger partial charge in [0.15, 0.2) is 0 Å². The maximum Gasteiger partial charge on any atom is 0.105 e. The van der Waals surface area contributed by atoms with Crippen LogP contribution in [0.1, 0.15) is 37.9 Å². The van der Waals surface area contributed by atoms with E-state index >= 15 is 0 Å². The molecule has 15 heavy (non-hydrogen) atoms. The summed E-state index contributed by atoms with van der Waals surface area (Å²) in [7, 11) is 2.06. The Labute approximate surface area is 92.1 Å². The Morgan fingerprint density at radius 2 is 2.27 bits per heavy atom. The molecule has 1 N–H and O–H groups in total. The minimum atomic E-state index is 0.583. The van der Waals surface area contributed by atoms with Gasteiger partial charge >= 0.3 is 0 Å². The highest BCUT2D eigenvalue weighted by molar-refractivity contribution is 5.00. The van der Waals surface area contributed by atoms with E-state index in [9.17, 15) is 0 Å². The van der Waals surface area contributed by atoms with Crippen LogP contribution in [0.15, 0.2) is 22.8 Å². The molecule has 0 bridgehead atoms. The van der Waals surface area contributed by atoms with E-state index in [1.165, 1.54) is 32.1 Å². The van der Waals surface area contributed by atoms with Crippen molar-refractivity contribution in [2.24, 2.45) is 5.92 Å². The van der Waals surface area contributed by atoms with Crippen molar-refractivity contribution in [1.82, 2.24) is 5.32 Å². The van der Waals surface area contributed by atoms with Gasteiger partial charge in [-0.1, -0.05) is 25.7 Å². The minimum Gasteiger partial charge on any atom is -0.469 e. The van der Waals surface area contributed by atoms with E-state index in [2.05, 4.69) is 18.4 Å². The molecule has 1 aromatic heterocycles. The third-order valence-electron chi connectivity index (χ3n) is 3.53. The number of hydrogen-bond acceptors (Lipinski definition) is 2. The van der Waals surface area contributed by atoms with Gasteiger partial charge in [-0.15, -0.1) is 0 Å². The van der Waals surface area contributed by atoms with Gasteiger partial charge in [0.2, 0.25) is 0 Å². The van der Waals surface area contributed by atoms with Crippen molar-refractivity contribution in [3.8, 4) is 0 Å². The van der Waals surface area contributed by atoms with Crippen LogP contribution in [0.25, 0.3) is 0 Å². The lowest BCUT2D eigenvalue weighted by molar-refractivity contribution is 0.379. The molecule has 84 valence electrons. The average molecular weight is 207 g/mol. The van der Waals surface area contributed by atoms with Crippen molar-refractivity contribution in [1.29, 1.82) is 0 Å². The Balaban J connectivity index is 1.81. The van der Waals surface area contributed by atoms with Crippen LogP contribution in [-0.4, -0.2) is 13.1 Å². The molecule has 1 aliphatic carbocycles. The predicted molar refractivity (Wildman–Crippen MR) is 61.8 cm³/mol. The number of furan rings is 1. The second-order valence-corrected chi connectivity index (χ2v) is 4.66. The third-order valence-corrected chi connectivity index (χ3v) is 3.53. The topological polar surface area (TPSA) is 25.2 Å². The van der Waals surface area contributed by atoms with Crippen LogP contribution < -0.4 is 5.32 Å². The largest absolute Gasteiger partial charge is 0.469 e. The van der Waals surface area contributed by atoms with Crippen LogP contribution in [-0.2, 0) is 6.42 Å². The first-order chi connectivity index (χ1) is 7.38. The van der Waals surface area contributed by atoms with Gasteiger partial charge in [-0.05, 0) is 31.5 Å². The normalized spacial score (nSPS) is 19.5. The van der Waals surface area contributed by atoms with Gasteiger partial charge in [-0.3, -0.25) is 0 Å². The highest BCUT2D eigenvalue weighted by atomic mass is 16.3. The van der Waals surface area contributed by atoms with Crippen molar-refractivity contribution in [3.63, 3.8) is 0 Å². The Bertz CT molecular complexity index is 262. The molecule has 1 fully saturated rings. The highest BCUT2D eigenvalue weighted by Gasteiger charge is 2.19. The molecule has 0 aromatic carbocycles. The summed E-state index contributed by atoms with van der Waals surface area (Å²) in [5.41, 5.74) is 0. The molecule has 0 radical (unpaired) electrons. The summed E-state index contributed by atoms with van der Waals surface area (Å²) in [6.07, 6.45) is 9.81.